The lowest BCUT2D eigenvalue weighted by Gasteiger charge is -2.49. The molecule has 0 unspecified atom stereocenters. The number of carbonyl (C=O) groups excluding carboxylic acids is 4. The second kappa shape index (κ2) is 9.66. The van der Waals surface area contributed by atoms with Gasteiger partial charge in [0.1, 0.15) is 0 Å². The van der Waals surface area contributed by atoms with Crippen molar-refractivity contribution in [3.63, 3.8) is 0 Å². The van der Waals surface area contributed by atoms with Crippen LogP contribution in [0.4, 0.5) is 5.69 Å². The van der Waals surface area contributed by atoms with Crippen molar-refractivity contribution in [2.45, 2.75) is 32.2 Å². The number of rotatable bonds is 5. The standard InChI is InChI=1S/C33H30N2O6S/c1-33-24(30(38)35(32(33)40)18-8-4-3-5-9-18)16-23-20(27(33)22-11-6-12-25(41-2)28(22)36)13-14-21-26(23)31(39)34(29(21)37)17-19-10-7-15-42-19/h3-13,15,21,23-24,26-27,36H,14,16-17H2,1-2H3/t21-,23+,24-,26-,27+,33+/m0/s1. The maximum atomic E-state index is 14.4. The van der Waals surface area contributed by atoms with E-state index in [0.717, 1.165) is 10.5 Å². The van der Waals surface area contributed by atoms with Gasteiger partial charge in [0.25, 0.3) is 0 Å². The van der Waals surface area contributed by atoms with Crippen LogP contribution in [-0.4, -0.2) is 40.7 Å². The van der Waals surface area contributed by atoms with Crippen LogP contribution in [0.2, 0.25) is 0 Å². The molecule has 1 N–H and O–H groups in total. The van der Waals surface area contributed by atoms with Crippen LogP contribution in [0, 0.1) is 29.1 Å². The minimum atomic E-state index is -1.23. The average Bonchev–Trinajstić information content (AvgIpc) is 3.65. The number of thiophene rings is 1. The molecule has 0 spiro atoms. The Balaban J connectivity index is 1.37. The number of imide groups is 2. The smallest absolute Gasteiger partial charge is 0.241 e. The minimum Gasteiger partial charge on any atom is -0.504 e. The molecule has 0 bridgehead atoms. The number of anilines is 1. The zero-order valence-corrected chi connectivity index (χ0v) is 24.0. The number of nitrogens with zero attached hydrogens (tertiary/aromatic N) is 2. The van der Waals surface area contributed by atoms with Crippen molar-refractivity contribution in [1.29, 1.82) is 0 Å². The number of benzene rings is 2. The van der Waals surface area contributed by atoms with E-state index in [1.54, 1.807) is 49.4 Å². The van der Waals surface area contributed by atoms with E-state index >= 15 is 0 Å². The number of carbonyl (C=O) groups is 4. The van der Waals surface area contributed by atoms with Gasteiger partial charge < -0.3 is 9.84 Å². The van der Waals surface area contributed by atoms with E-state index in [1.165, 1.54) is 28.2 Å². The molecule has 4 amide bonds. The highest BCUT2D eigenvalue weighted by molar-refractivity contribution is 7.09. The number of amides is 4. The molecular formula is C33H30N2O6S. The second-order valence-corrected chi connectivity index (χ2v) is 12.8. The second-order valence-electron chi connectivity index (χ2n) is 11.7. The van der Waals surface area contributed by atoms with Crippen molar-refractivity contribution < 1.29 is 29.0 Å². The summed E-state index contributed by atoms with van der Waals surface area (Å²) < 4.78 is 5.42. The van der Waals surface area contributed by atoms with Crippen LogP contribution in [0.25, 0.3) is 0 Å². The van der Waals surface area contributed by atoms with Gasteiger partial charge in [-0.2, -0.15) is 0 Å². The van der Waals surface area contributed by atoms with Crippen LogP contribution in [0.15, 0.2) is 77.7 Å². The molecule has 0 radical (unpaired) electrons. The van der Waals surface area contributed by atoms with Gasteiger partial charge in [0, 0.05) is 16.4 Å². The average molecular weight is 583 g/mol. The van der Waals surface area contributed by atoms with Crippen molar-refractivity contribution in [2.24, 2.45) is 29.1 Å². The lowest BCUT2D eigenvalue weighted by atomic mass is 9.51. The maximum Gasteiger partial charge on any atom is 0.241 e. The first kappa shape index (κ1) is 26.6. The number of allylic oxidation sites excluding steroid dienone is 2. The van der Waals surface area contributed by atoms with E-state index in [4.69, 9.17) is 4.74 Å². The van der Waals surface area contributed by atoms with E-state index in [9.17, 15) is 24.3 Å². The van der Waals surface area contributed by atoms with Crippen LogP contribution >= 0.6 is 11.3 Å². The van der Waals surface area contributed by atoms with Crippen molar-refractivity contribution in [3.05, 3.63) is 88.1 Å². The lowest BCUT2D eigenvalue weighted by molar-refractivity contribution is -0.141. The Labute approximate surface area is 247 Å². The van der Waals surface area contributed by atoms with Crippen LogP contribution < -0.4 is 9.64 Å². The van der Waals surface area contributed by atoms with E-state index in [1.807, 2.05) is 29.7 Å². The molecule has 7 rings (SSSR count). The Hall–Kier alpha value is -4.24. The van der Waals surface area contributed by atoms with Crippen molar-refractivity contribution in [2.75, 3.05) is 12.0 Å². The van der Waals surface area contributed by atoms with Crippen LogP contribution in [-0.2, 0) is 25.7 Å². The van der Waals surface area contributed by atoms with Crippen molar-refractivity contribution in [3.8, 4) is 11.5 Å². The van der Waals surface area contributed by atoms with Gasteiger partial charge in [-0.1, -0.05) is 48.0 Å². The molecule has 2 aliphatic heterocycles. The highest BCUT2D eigenvalue weighted by Crippen LogP contribution is 2.64. The van der Waals surface area contributed by atoms with E-state index in [0.29, 0.717) is 17.7 Å². The monoisotopic (exact) mass is 582 g/mol. The van der Waals surface area contributed by atoms with Gasteiger partial charge in [0.05, 0.1) is 42.5 Å². The number of phenols is 1. The summed E-state index contributed by atoms with van der Waals surface area (Å²) in [6.07, 6.45) is 2.61. The molecule has 3 heterocycles. The topological polar surface area (TPSA) is 104 Å². The Morgan fingerprint density at radius 1 is 0.952 bits per heavy atom. The van der Waals surface area contributed by atoms with Crippen LogP contribution in [0.3, 0.4) is 0 Å². The zero-order chi connectivity index (χ0) is 29.3. The summed E-state index contributed by atoms with van der Waals surface area (Å²) in [4.78, 5) is 59.7. The third-order valence-corrected chi connectivity index (χ3v) is 10.7. The molecule has 2 aromatic carbocycles. The number of aromatic hydroxyl groups is 1. The van der Waals surface area contributed by atoms with E-state index in [-0.39, 0.29) is 48.1 Å². The maximum absolute atomic E-state index is 14.4. The third-order valence-electron chi connectivity index (χ3n) is 9.84. The fraction of sp³-hybridized carbons (Fsp3) is 0.333. The first-order valence-electron chi connectivity index (χ1n) is 14.1. The minimum absolute atomic E-state index is 0.0970. The van der Waals surface area contributed by atoms with Crippen LogP contribution in [0.1, 0.15) is 36.1 Å². The number of likely N-dealkylation sites (tertiary alicyclic amines) is 1. The Bertz CT molecular complexity index is 1650. The van der Waals surface area contributed by atoms with Gasteiger partial charge in [0.15, 0.2) is 11.5 Å². The molecule has 42 heavy (non-hydrogen) atoms. The quantitative estimate of drug-likeness (QED) is 0.339. The normalized spacial score (nSPS) is 30.2. The van der Waals surface area contributed by atoms with Gasteiger partial charge in [0.2, 0.25) is 23.6 Å². The van der Waals surface area contributed by atoms with Gasteiger partial charge in [-0.15, -0.1) is 11.3 Å². The van der Waals surface area contributed by atoms with Crippen molar-refractivity contribution in [1.82, 2.24) is 4.90 Å². The third kappa shape index (κ3) is 3.59. The highest BCUT2D eigenvalue weighted by atomic mass is 32.1. The summed E-state index contributed by atoms with van der Waals surface area (Å²) in [6.45, 7) is 2.03. The van der Waals surface area contributed by atoms with Crippen molar-refractivity contribution >= 4 is 40.7 Å². The fourth-order valence-corrected chi connectivity index (χ4v) is 8.59. The molecule has 214 valence electrons. The first-order valence-corrected chi connectivity index (χ1v) is 15.0. The molecule has 1 saturated carbocycles. The first-order chi connectivity index (χ1) is 20.3. The van der Waals surface area contributed by atoms with Gasteiger partial charge in [-0.05, 0) is 55.3 Å². The molecule has 3 fully saturated rings. The summed E-state index contributed by atoms with van der Waals surface area (Å²) in [6, 6.07) is 17.8. The SMILES string of the molecule is COc1cccc([C@H]2C3=CC[C@@H]4C(=O)N(Cc5cccs5)C(=O)[C@@H]4[C@@H]3C[C@H]3C(=O)N(c4ccccc4)C(=O)[C@@]23C)c1O. The summed E-state index contributed by atoms with van der Waals surface area (Å²) in [5, 5.41) is 13.3. The molecule has 8 nitrogen and oxygen atoms in total. The number of phenolic OH excluding ortho intramolecular Hbond substituents is 1. The van der Waals surface area contributed by atoms with Gasteiger partial charge >= 0.3 is 0 Å². The molecule has 2 saturated heterocycles. The molecule has 2 aliphatic carbocycles. The van der Waals surface area contributed by atoms with E-state index in [2.05, 4.69) is 0 Å². The number of fused-ring (bicyclic) bond motifs is 4. The molecule has 3 aromatic rings. The largest absolute Gasteiger partial charge is 0.504 e. The predicted molar refractivity (Wildman–Crippen MR) is 156 cm³/mol. The Kier molecular flexibility index (Phi) is 6.13. The Morgan fingerprint density at radius 3 is 2.45 bits per heavy atom. The highest BCUT2D eigenvalue weighted by Gasteiger charge is 2.68. The number of hydrogen-bond donors (Lipinski definition) is 1. The number of ether oxygens (including phenoxy) is 1. The number of para-hydroxylation sites is 2. The summed E-state index contributed by atoms with van der Waals surface area (Å²) >= 11 is 1.50. The zero-order valence-electron chi connectivity index (χ0n) is 23.2. The van der Waals surface area contributed by atoms with E-state index < -0.39 is 35.0 Å². The summed E-state index contributed by atoms with van der Waals surface area (Å²) in [5.74, 6) is -3.97. The lowest BCUT2D eigenvalue weighted by Crippen LogP contribution is -2.48. The van der Waals surface area contributed by atoms with Gasteiger partial charge in [-0.25, -0.2) is 4.90 Å². The fourth-order valence-electron chi connectivity index (χ4n) is 7.90. The molecular weight excluding hydrogens is 552 g/mol. The van der Waals surface area contributed by atoms with Gasteiger partial charge in [-0.3, -0.25) is 24.1 Å². The number of hydrogen-bond acceptors (Lipinski definition) is 7. The molecule has 9 heteroatoms. The summed E-state index contributed by atoms with van der Waals surface area (Å²) in [5.41, 5.74) is 0.558. The summed E-state index contributed by atoms with van der Waals surface area (Å²) in [7, 11) is 1.46. The molecule has 1 aromatic heterocycles. The predicted octanol–water partition coefficient (Wildman–Crippen LogP) is 4.89. The Morgan fingerprint density at radius 2 is 1.74 bits per heavy atom. The molecule has 6 atom stereocenters. The molecule has 4 aliphatic rings. The number of methoxy groups -OCH3 is 1. The van der Waals surface area contributed by atoms with Crippen LogP contribution in [0.5, 0.6) is 11.5 Å².